The lowest BCUT2D eigenvalue weighted by molar-refractivity contribution is -0.0547. The maximum absolute atomic E-state index is 6.24. The highest BCUT2D eigenvalue weighted by Gasteiger charge is 2.43. The average molecular weight is 267 g/mol. The van der Waals surface area contributed by atoms with Gasteiger partial charge in [-0.3, -0.25) is 0 Å². The number of hydrogen-bond acceptors (Lipinski definition) is 3. The Kier molecular flexibility index (Phi) is 5.71. The zero-order chi connectivity index (χ0) is 13.6. The molecule has 2 aliphatic rings. The number of nitrogens with one attached hydrogen (secondary N) is 1. The summed E-state index contributed by atoms with van der Waals surface area (Å²) in [4.78, 5) is 0. The summed E-state index contributed by atoms with van der Waals surface area (Å²) in [7, 11) is 0. The molecule has 0 amide bonds. The minimum atomic E-state index is 0.0104. The summed E-state index contributed by atoms with van der Waals surface area (Å²) in [5.74, 6) is 0. The van der Waals surface area contributed by atoms with Gasteiger partial charge in [-0.2, -0.15) is 0 Å². The topological polar surface area (TPSA) is 30.5 Å². The zero-order valence-electron chi connectivity index (χ0n) is 12.5. The molecule has 0 aromatic carbocycles. The van der Waals surface area contributed by atoms with Gasteiger partial charge in [0.15, 0.2) is 0 Å². The minimum absolute atomic E-state index is 0.0104. The Balaban J connectivity index is 2.16. The van der Waals surface area contributed by atoms with E-state index in [-0.39, 0.29) is 5.60 Å². The van der Waals surface area contributed by atoms with Gasteiger partial charge in [0.05, 0.1) is 24.5 Å². The standard InChI is InChI=1S/C16H29NO2/c1-3-11-17-15(14-8-7-12-18-13-14)16(19-4-2)9-5-6-10-16/h13,15,17H,3-12H2,1-2H3. The Morgan fingerprint density at radius 3 is 2.68 bits per heavy atom. The van der Waals surface area contributed by atoms with Gasteiger partial charge in [0.25, 0.3) is 0 Å². The predicted molar refractivity (Wildman–Crippen MR) is 78.2 cm³/mol. The van der Waals surface area contributed by atoms with Crippen LogP contribution in [-0.2, 0) is 9.47 Å². The van der Waals surface area contributed by atoms with Gasteiger partial charge >= 0.3 is 0 Å². The molecule has 0 bridgehead atoms. The molecule has 110 valence electrons. The molecular formula is C16H29NO2. The van der Waals surface area contributed by atoms with Crippen molar-refractivity contribution in [3.8, 4) is 0 Å². The minimum Gasteiger partial charge on any atom is -0.501 e. The van der Waals surface area contributed by atoms with Crippen LogP contribution in [-0.4, -0.2) is 31.4 Å². The molecule has 0 saturated heterocycles. The quantitative estimate of drug-likeness (QED) is 0.767. The second-order valence-electron chi connectivity index (χ2n) is 5.76. The smallest absolute Gasteiger partial charge is 0.0876 e. The third kappa shape index (κ3) is 3.51. The Morgan fingerprint density at radius 1 is 1.32 bits per heavy atom. The molecule has 1 fully saturated rings. The Morgan fingerprint density at radius 2 is 2.11 bits per heavy atom. The van der Waals surface area contributed by atoms with Crippen molar-refractivity contribution < 1.29 is 9.47 Å². The zero-order valence-corrected chi connectivity index (χ0v) is 12.5. The van der Waals surface area contributed by atoms with Crippen molar-refractivity contribution in [3.63, 3.8) is 0 Å². The van der Waals surface area contributed by atoms with Crippen LogP contribution < -0.4 is 5.32 Å². The van der Waals surface area contributed by atoms with E-state index in [9.17, 15) is 0 Å². The second-order valence-corrected chi connectivity index (χ2v) is 5.76. The van der Waals surface area contributed by atoms with Crippen molar-refractivity contribution in [3.05, 3.63) is 11.8 Å². The number of ether oxygens (including phenoxy) is 2. The first kappa shape index (κ1) is 14.9. The molecule has 1 aliphatic carbocycles. The van der Waals surface area contributed by atoms with Gasteiger partial charge in [0, 0.05) is 6.61 Å². The van der Waals surface area contributed by atoms with Gasteiger partial charge in [0.2, 0.25) is 0 Å². The third-order valence-electron chi connectivity index (χ3n) is 4.34. The summed E-state index contributed by atoms with van der Waals surface area (Å²) >= 11 is 0. The Bertz CT molecular complexity index is 295. The van der Waals surface area contributed by atoms with Gasteiger partial charge in [-0.15, -0.1) is 0 Å². The van der Waals surface area contributed by atoms with Gasteiger partial charge < -0.3 is 14.8 Å². The molecule has 0 radical (unpaired) electrons. The molecule has 0 aromatic rings. The molecule has 1 saturated carbocycles. The highest BCUT2D eigenvalue weighted by atomic mass is 16.5. The van der Waals surface area contributed by atoms with E-state index in [1.807, 2.05) is 6.26 Å². The van der Waals surface area contributed by atoms with E-state index in [2.05, 4.69) is 19.2 Å². The summed E-state index contributed by atoms with van der Waals surface area (Å²) in [6.45, 7) is 7.06. The first-order chi connectivity index (χ1) is 9.32. The van der Waals surface area contributed by atoms with Gasteiger partial charge in [-0.05, 0) is 51.1 Å². The van der Waals surface area contributed by atoms with Crippen LogP contribution in [0, 0.1) is 0 Å². The van der Waals surface area contributed by atoms with Crippen molar-refractivity contribution in [1.29, 1.82) is 0 Å². The van der Waals surface area contributed by atoms with E-state index in [0.717, 1.165) is 39.0 Å². The van der Waals surface area contributed by atoms with Crippen LogP contribution in [0.5, 0.6) is 0 Å². The first-order valence-corrected chi connectivity index (χ1v) is 8.00. The van der Waals surface area contributed by atoms with Crippen molar-refractivity contribution in [2.45, 2.75) is 70.4 Å². The summed E-state index contributed by atoms with van der Waals surface area (Å²) in [5, 5.41) is 3.73. The summed E-state index contributed by atoms with van der Waals surface area (Å²) in [5.41, 5.74) is 1.42. The van der Waals surface area contributed by atoms with Gasteiger partial charge in [0.1, 0.15) is 0 Å². The van der Waals surface area contributed by atoms with E-state index in [1.165, 1.54) is 31.3 Å². The van der Waals surface area contributed by atoms with Crippen molar-refractivity contribution in [2.75, 3.05) is 19.8 Å². The van der Waals surface area contributed by atoms with Crippen LogP contribution in [0.3, 0.4) is 0 Å². The molecular weight excluding hydrogens is 238 g/mol. The lowest BCUT2D eigenvalue weighted by Crippen LogP contribution is -2.52. The van der Waals surface area contributed by atoms with Crippen molar-refractivity contribution in [1.82, 2.24) is 5.32 Å². The van der Waals surface area contributed by atoms with E-state index in [4.69, 9.17) is 9.47 Å². The maximum Gasteiger partial charge on any atom is 0.0876 e. The fourth-order valence-electron chi connectivity index (χ4n) is 3.52. The maximum atomic E-state index is 6.24. The van der Waals surface area contributed by atoms with Crippen molar-refractivity contribution in [2.24, 2.45) is 0 Å². The van der Waals surface area contributed by atoms with Crippen LogP contribution in [0.15, 0.2) is 11.8 Å². The van der Waals surface area contributed by atoms with Gasteiger partial charge in [-0.25, -0.2) is 0 Å². The largest absolute Gasteiger partial charge is 0.501 e. The Labute approximate surface area is 117 Å². The average Bonchev–Trinajstić information content (AvgIpc) is 2.90. The molecule has 2 rings (SSSR count). The highest BCUT2D eigenvalue weighted by Crippen LogP contribution is 2.40. The van der Waals surface area contributed by atoms with Crippen LogP contribution in [0.25, 0.3) is 0 Å². The molecule has 1 N–H and O–H groups in total. The van der Waals surface area contributed by atoms with Crippen LogP contribution in [0.4, 0.5) is 0 Å². The molecule has 19 heavy (non-hydrogen) atoms. The molecule has 1 atom stereocenters. The molecule has 3 nitrogen and oxygen atoms in total. The molecule has 1 unspecified atom stereocenters. The SMILES string of the molecule is CCCNC(C1=COCCC1)C1(OCC)CCCC1. The third-order valence-corrected chi connectivity index (χ3v) is 4.34. The molecule has 1 aliphatic heterocycles. The fourth-order valence-corrected chi connectivity index (χ4v) is 3.52. The van der Waals surface area contributed by atoms with Crippen molar-refractivity contribution >= 4 is 0 Å². The molecule has 3 heteroatoms. The van der Waals surface area contributed by atoms with E-state index >= 15 is 0 Å². The monoisotopic (exact) mass is 267 g/mol. The predicted octanol–water partition coefficient (Wildman–Crippen LogP) is 3.40. The highest BCUT2D eigenvalue weighted by molar-refractivity contribution is 5.18. The number of hydrogen-bond donors (Lipinski definition) is 1. The van der Waals surface area contributed by atoms with Gasteiger partial charge in [-0.1, -0.05) is 19.8 Å². The lowest BCUT2D eigenvalue weighted by atomic mass is 9.84. The van der Waals surface area contributed by atoms with E-state index < -0.39 is 0 Å². The first-order valence-electron chi connectivity index (χ1n) is 8.00. The van der Waals surface area contributed by atoms with E-state index in [1.54, 1.807) is 0 Å². The van der Waals surface area contributed by atoms with Crippen LogP contribution in [0.2, 0.25) is 0 Å². The summed E-state index contributed by atoms with van der Waals surface area (Å²) in [6, 6.07) is 0.343. The number of rotatable bonds is 7. The Hall–Kier alpha value is -0.540. The van der Waals surface area contributed by atoms with Crippen LogP contribution >= 0.6 is 0 Å². The lowest BCUT2D eigenvalue weighted by Gasteiger charge is -2.40. The second kappa shape index (κ2) is 7.30. The normalized spacial score (nSPS) is 23.8. The summed E-state index contributed by atoms with van der Waals surface area (Å²) in [6.07, 6.45) is 10.4. The molecule has 0 spiro atoms. The summed E-state index contributed by atoms with van der Waals surface area (Å²) < 4.78 is 11.8. The van der Waals surface area contributed by atoms with E-state index in [0.29, 0.717) is 6.04 Å². The van der Waals surface area contributed by atoms with Crippen LogP contribution in [0.1, 0.15) is 58.8 Å². The molecule has 1 heterocycles. The fraction of sp³-hybridized carbons (Fsp3) is 0.875. The molecule has 0 aromatic heterocycles.